The van der Waals surface area contributed by atoms with Gasteiger partial charge < -0.3 is 0 Å². The van der Waals surface area contributed by atoms with Crippen LogP contribution in [0.15, 0.2) is 83.2 Å². The summed E-state index contributed by atoms with van der Waals surface area (Å²) < 4.78 is 1.85. The van der Waals surface area contributed by atoms with Crippen LogP contribution in [0.2, 0.25) is 0 Å². The van der Waals surface area contributed by atoms with E-state index in [-0.39, 0.29) is 5.69 Å². The maximum atomic E-state index is 11.0. The van der Waals surface area contributed by atoms with E-state index < -0.39 is 4.92 Å². The number of azo groups is 1. The van der Waals surface area contributed by atoms with Crippen molar-refractivity contribution in [1.82, 2.24) is 9.38 Å². The summed E-state index contributed by atoms with van der Waals surface area (Å²) in [5, 5.41) is 19.7. The number of fused-ring (bicyclic) bond motifs is 1. The molecule has 2 aromatic carbocycles. The predicted octanol–water partition coefficient (Wildman–Crippen LogP) is 5.63. The van der Waals surface area contributed by atoms with Crippen LogP contribution in [0.25, 0.3) is 16.9 Å². The number of rotatable bonds is 4. The summed E-state index contributed by atoms with van der Waals surface area (Å²) in [5.74, 6) is 0.572. The number of pyridine rings is 1. The predicted molar refractivity (Wildman–Crippen MR) is 103 cm³/mol. The minimum atomic E-state index is -0.442. The molecule has 0 saturated carbocycles. The number of benzene rings is 2. The smallest absolute Gasteiger partial charge is 0.271 e. The van der Waals surface area contributed by atoms with Crippen LogP contribution in [0.1, 0.15) is 5.56 Å². The molecule has 0 atom stereocenters. The van der Waals surface area contributed by atoms with Crippen LogP contribution < -0.4 is 0 Å². The number of non-ortho nitro benzene ring substituents is 1. The SMILES string of the molecule is Cc1ccc([N+](=O)[O-])cc1N=Nc1c(-c2ccccc2)nc2ccccn12. The molecule has 0 fully saturated rings. The molecule has 0 radical (unpaired) electrons. The molecular formula is C20H15N5O2. The highest BCUT2D eigenvalue weighted by molar-refractivity contribution is 5.74. The fraction of sp³-hybridized carbons (Fsp3) is 0.0500. The number of aromatic nitrogens is 2. The largest absolute Gasteiger partial charge is 0.283 e. The first-order chi connectivity index (χ1) is 13.1. The lowest BCUT2D eigenvalue weighted by atomic mass is 10.1. The Morgan fingerprint density at radius 2 is 1.78 bits per heavy atom. The van der Waals surface area contributed by atoms with E-state index in [4.69, 9.17) is 0 Å². The zero-order chi connectivity index (χ0) is 18.8. The highest BCUT2D eigenvalue weighted by atomic mass is 16.6. The van der Waals surface area contributed by atoms with Crippen LogP contribution in [0.3, 0.4) is 0 Å². The molecule has 0 N–H and O–H groups in total. The molecule has 4 aromatic rings. The van der Waals surface area contributed by atoms with E-state index >= 15 is 0 Å². The number of aryl methyl sites for hydroxylation is 1. The minimum Gasteiger partial charge on any atom is -0.283 e. The van der Waals surface area contributed by atoms with Crippen molar-refractivity contribution in [2.45, 2.75) is 6.92 Å². The standard InChI is InChI=1S/C20H15N5O2/c1-14-10-11-16(25(26)27)13-17(14)22-23-20-19(15-7-3-2-4-8-15)21-18-9-5-6-12-24(18)20/h2-13H,1H3. The molecular weight excluding hydrogens is 342 g/mol. The molecule has 0 bridgehead atoms. The molecule has 0 aliphatic carbocycles. The Morgan fingerprint density at radius 1 is 1.00 bits per heavy atom. The summed E-state index contributed by atoms with van der Waals surface area (Å²) in [6.45, 7) is 1.84. The van der Waals surface area contributed by atoms with E-state index in [1.165, 1.54) is 12.1 Å². The molecule has 7 nitrogen and oxygen atoms in total. The number of imidazole rings is 1. The van der Waals surface area contributed by atoms with Crippen LogP contribution in [0.4, 0.5) is 17.2 Å². The van der Waals surface area contributed by atoms with Crippen molar-refractivity contribution in [2.75, 3.05) is 0 Å². The number of nitro groups is 1. The molecule has 27 heavy (non-hydrogen) atoms. The lowest BCUT2D eigenvalue weighted by Crippen LogP contribution is -1.87. The maximum Gasteiger partial charge on any atom is 0.271 e. The first-order valence-electron chi connectivity index (χ1n) is 8.33. The second-order valence-corrected chi connectivity index (χ2v) is 6.01. The number of hydrogen-bond acceptors (Lipinski definition) is 5. The highest BCUT2D eigenvalue weighted by Crippen LogP contribution is 2.33. The molecule has 4 rings (SSSR count). The third-order valence-corrected chi connectivity index (χ3v) is 4.21. The fourth-order valence-electron chi connectivity index (χ4n) is 2.79. The number of nitrogens with zero attached hydrogens (tertiary/aromatic N) is 5. The Hall–Kier alpha value is -3.87. The van der Waals surface area contributed by atoms with E-state index in [0.29, 0.717) is 17.2 Å². The van der Waals surface area contributed by atoms with Gasteiger partial charge in [0, 0.05) is 23.9 Å². The van der Waals surface area contributed by atoms with Gasteiger partial charge in [0.1, 0.15) is 11.3 Å². The van der Waals surface area contributed by atoms with Gasteiger partial charge in [0.25, 0.3) is 5.69 Å². The van der Waals surface area contributed by atoms with E-state index in [1.807, 2.05) is 66.1 Å². The molecule has 132 valence electrons. The summed E-state index contributed by atoms with van der Waals surface area (Å²) in [5.41, 5.74) is 3.62. The van der Waals surface area contributed by atoms with E-state index in [1.54, 1.807) is 6.07 Å². The van der Waals surface area contributed by atoms with Gasteiger partial charge in [0.15, 0.2) is 5.82 Å². The van der Waals surface area contributed by atoms with Crippen molar-refractivity contribution in [3.05, 3.63) is 88.6 Å². The second-order valence-electron chi connectivity index (χ2n) is 6.01. The summed E-state index contributed by atoms with van der Waals surface area (Å²) >= 11 is 0. The average molecular weight is 357 g/mol. The zero-order valence-corrected chi connectivity index (χ0v) is 14.5. The topological polar surface area (TPSA) is 85.2 Å². The Labute approximate surface area is 154 Å². The summed E-state index contributed by atoms with van der Waals surface area (Å²) in [4.78, 5) is 15.3. The van der Waals surface area contributed by atoms with Gasteiger partial charge in [0.2, 0.25) is 0 Å². The van der Waals surface area contributed by atoms with Crippen LogP contribution in [0.5, 0.6) is 0 Å². The van der Waals surface area contributed by atoms with Crippen LogP contribution in [-0.2, 0) is 0 Å². The lowest BCUT2D eigenvalue weighted by Gasteiger charge is -2.01. The van der Waals surface area contributed by atoms with E-state index in [0.717, 1.165) is 16.8 Å². The van der Waals surface area contributed by atoms with Gasteiger partial charge in [0.05, 0.1) is 10.6 Å². The maximum absolute atomic E-state index is 11.0. The molecule has 7 heteroatoms. The molecule has 0 aliphatic heterocycles. The van der Waals surface area contributed by atoms with E-state index in [9.17, 15) is 10.1 Å². The summed E-state index contributed by atoms with van der Waals surface area (Å²) in [6.07, 6.45) is 1.86. The average Bonchev–Trinajstić information content (AvgIpc) is 3.06. The van der Waals surface area contributed by atoms with Gasteiger partial charge in [-0.05, 0) is 24.6 Å². The normalized spacial score (nSPS) is 11.3. The molecule has 0 amide bonds. The van der Waals surface area contributed by atoms with Gasteiger partial charge in [-0.2, -0.15) is 0 Å². The Kier molecular flexibility index (Phi) is 4.18. The van der Waals surface area contributed by atoms with Gasteiger partial charge >= 0.3 is 0 Å². The van der Waals surface area contributed by atoms with Crippen molar-refractivity contribution in [1.29, 1.82) is 0 Å². The van der Waals surface area contributed by atoms with Gasteiger partial charge in [-0.3, -0.25) is 14.5 Å². The zero-order valence-electron chi connectivity index (χ0n) is 14.5. The molecule has 2 aromatic heterocycles. The quantitative estimate of drug-likeness (QED) is 0.269. The van der Waals surface area contributed by atoms with Crippen molar-refractivity contribution >= 4 is 22.8 Å². The van der Waals surface area contributed by atoms with E-state index in [2.05, 4.69) is 15.2 Å². The monoisotopic (exact) mass is 357 g/mol. The summed E-state index contributed by atoms with van der Waals surface area (Å²) in [6, 6.07) is 20.0. The van der Waals surface area contributed by atoms with Gasteiger partial charge in [-0.1, -0.05) is 42.5 Å². The summed E-state index contributed by atoms with van der Waals surface area (Å²) in [7, 11) is 0. The van der Waals surface area contributed by atoms with Crippen molar-refractivity contribution < 1.29 is 4.92 Å². The first-order valence-corrected chi connectivity index (χ1v) is 8.33. The molecule has 0 aliphatic rings. The Morgan fingerprint density at radius 3 is 2.56 bits per heavy atom. The fourth-order valence-corrected chi connectivity index (χ4v) is 2.79. The Balaban J connectivity index is 1.86. The van der Waals surface area contributed by atoms with Gasteiger partial charge in [-0.15, -0.1) is 10.2 Å². The van der Waals surface area contributed by atoms with Crippen LogP contribution in [0, 0.1) is 17.0 Å². The van der Waals surface area contributed by atoms with Gasteiger partial charge in [-0.25, -0.2) is 4.98 Å². The molecule has 0 unspecified atom stereocenters. The van der Waals surface area contributed by atoms with Crippen molar-refractivity contribution in [3.63, 3.8) is 0 Å². The number of hydrogen-bond donors (Lipinski definition) is 0. The first kappa shape index (κ1) is 16.6. The van der Waals surface area contributed by atoms with Crippen molar-refractivity contribution in [3.8, 4) is 11.3 Å². The minimum absolute atomic E-state index is 0.0176. The number of nitro benzene ring substituents is 1. The Bertz CT molecular complexity index is 1170. The van der Waals surface area contributed by atoms with Crippen LogP contribution >= 0.6 is 0 Å². The molecule has 0 spiro atoms. The molecule has 2 heterocycles. The highest BCUT2D eigenvalue weighted by Gasteiger charge is 2.14. The third-order valence-electron chi connectivity index (χ3n) is 4.21. The lowest BCUT2D eigenvalue weighted by molar-refractivity contribution is -0.384. The second kappa shape index (κ2) is 6.80. The third kappa shape index (κ3) is 3.18. The van der Waals surface area contributed by atoms with Crippen LogP contribution in [-0.4, -0.2) is 14.3 Å². The van der Waals surface area contributed by atoms with Crippen molar-refractivity contribution in [2.24, 2.45) is 10.2 Å². The molecule has 0 saturated heterocycles.